The van der Waals surface area contributed by atoms with E-state index >= 15 is 0 Å². The van der Waals surface area contributed by atoms with Crippen LogP contribution in [0.3, 0.4) is 0 Å². The first-order valence-electron chi connectivity index (χ1n) is 7.43. The van der Waals surface area contributed by atoms with Gasteiger partial charge in [0, 0.05) is 11.3 Å². The number of benzene rings is 1. The van der Waals surface area contributed by atoms with Gasteiger partial charge in [0.05, 0.1) is 18.2 Å². The SMILES string of the molecule is CNC(c1cc2ccccc2o1)C1C(C)OC(C)C1C. The molecule has 1 aromatic carbocycles. The van der Waals surface area contributed by atoms with Gasteiger partial charge in [0.1, 0.15) is 11.3 Å². The van der Waals surface area contributed by atoms with Gasteiger partial charge < -0.3 is 14.5 Å². The molecule has 0 amide bonds. The van der Waals surface area contributed by atoms with E-state index in [2.05, 4.69) is 38.2 Å². The first-order valence-corrected chi connectivity index (χ1v) is 7.43. The molecule has 0 radical (unpaired) electrons. The largest absolute Gasteiger partial charge is 0.459 e. The van der Waals surface area contributed by atoms with E-state index in [9.17, 15) is 0 Å². The molecule has 5 atom stereocenters. The predicted octanol–water partition coefficient (Wildman–Crippen LogP) is 3.75. The molecule has 1 saturated heterocycles. The number of fused-ring (bicyclic) bond motifs is 1. The molecule has 1 aliphatic heterocycles. The quantitative estimate of drug-likeness (QED) is 0.924. The minimum atomic E-state index is 0.192. The van der Waals surface area contributed by atoms with E-state index in [-0.39, 0.29) is 12.1 Å². The van der Waals surface area contributed by atoms with Gasteiger partial charge in [-0.05, 0) is 38.9 Å². The van der Waals surface area contributed by atoms with Gasteiger partial charge in [-0.25, -0.2) is 0 Å². The maximum Gasteiger partial charge on any atom is 0.134 e. The summed E-state index contributed by atoms with van der Waals surface area (Å²) >= 11 is 0. The minimum absolute atomic E-state index is 0.192. The zero-order chi connectivity index (χ0) is 14.3. The molecule has 20 heavy (non-hydrogen) atoms. The van der Waals surface area contributed by atoms with Gasteiger partial charge in [-0.3, -0.25) is 0 Å². The van der Waals surface area contributed by atoms with Gasteiger partial charge in [-0.15, -0.1) is 0 Å². The summed E-state index contributed by atoms with van der Waals surface area (Å²) in [5.41, 5.74) is 0.954. The lowest BCUT2D eigenvalue weighted by Crippen LogP contribution is -2.32. The third-order valence-electron chi connectivity index (χ3n) is 4.77. The number of hydrogen-bond donors (Lipinski definition) is 1. The van der Waals surface area contributed by atoms with E-state index in [1.807, 2.05) is 25.2 Å². The average Bonchev–Trinajstić information content (AvgIpc) is 2.96. The molecule has 0 bridgehead atoms. The van der Waals surface area contributed by atoms with Gasteiger partial charge in [0.2, 0.25) is 0 Å². The Morgan fingerprint density at radius 1 is 1.10 bits per heavy atom. The second kappa shape index (κ2) is 5.23. The first-order chi connectivity index (χ1) is 9.61. The van der Waals surface area contributed by atoms with Crippen LogP contribution in [0.4, 0.5) is 0 Å². The van der Waals surface area contributed by atoms with Gasteiger partial charge in [-0.1, -0.05) is 25.1 Å². The number of rotatable bonds is 3. The van der Waals surface area contributed by atoms with Crippen molar-refractivity contribution in [3.8, 4) is 0 Å². The fourth-order valence-electron chi connectivity index (χ4n) is 3.55. The Morgan fingerprint density at radius 3 is 2.45 bits per heavy atom. The van der Waals surface area contributed by atoms with Crippen molar-refractivity contribution in [1.82, 2.24) is 5.32 Å². The maximum absolute atomic E-state index is 6.05. The standard InChI is InChI=1S/C17H23NO2/c1-10-11(2)19-12(3)16(10)17(18-4)15-9-13-7-5-6-8-14(13)20-15/h5-12,16-18H,1-4H3. The van der Waals surface area contributed by atoms with Crippen molar-refractivity contribution in [3.63, 3.8) is 0 Å². The lowest BCUT2D eigenvalue weighted by Gasteiger charge is -2.27. The highest BCUT2D eigenvalue weighted by atomic mass is 16.5. The summed E-state index contributed by atoms with van der Waals surface area (Å²) in [4.78, 5) is 0. The molecular formula is C17H23NO2. The van der Waals surface area contributed by atoms with Crippen LogP contribution in [-0.4, -0.2) is 19.3 Å². The first kappa shape index (κ1) is 13.7. The lowest BCUT2D eigenvalue weighted by molar-refractivity contribution is 0.0469. The van der Waals surface area contributed by atoms with Crippen LogP contribution in [0.1, 0.15) is 32.6 Å². The van der Waals surface area contributed by atoms with E-state index in [0.29, 0.717) is 17.9 Å². The third kappa shape index (κ3) is 2.15. The van der Waals surface area contributed by atoms with Crippen LogP contribution < -0.4 is 5.32 Å². The molecule has 0 aliphatic carbocycles. The van der Waals surface area contributed by atoms with Gasteiger partial charge >= 0.3 is 0 Å². The number of nitrogens with one attached hydrogen (secondary N) is 1. The van der Waals surface area contributed by atoms with Crippen LogP contribution in [0.5, 0.6) is 0 Å². The van der Waals surface area contributed by atoms with Crippen LogP contribution in [0, 0.1) is 11.8 Å². The highest BCUT2D eigenvalue weighted by Gasteiger charge is 2.42. The molecule has 1 fully saturated rings. The number of furan rings is 1. The highest BCUT2D eigenvalue weighted by Crippen LogP contribution is 2.41. The Balaban J connectivity index is 1.97. The summed E-state index contributed by atoms with van der Waals surface area (Å²) in [5, 5.41) is 4.59. The Bertz CT molecular complexity index is 558. The van der Waals surface area contributed by atoms with Crippen LogP contribution in [0.2, 0.25) is 0 Å². The Labute approximate surface area is 120 Å². The van der Waals surface area contributed by atoms with Gasteiger partial charge in [-0.2, -0.15) is 0 Å². The lowest BCUT2D eigenvalue weighted by atomic mass is 9.82. The molecule has 0 saturated carbocycles. The minimum Gasteiger partial charge on any atom is -0.459 e. The second-order valence-corrected chi connectivity index (χ2v) is 5.94. The molecule has 108 valence electrons. The zero-order valence-electron chi connectivity index (χ0n) is 12.6. The highest BCUT2D eigenvalue weighted by molar-refractivity contribution is 5.77. The van der Waals surface area contributed by atoms with E-state index < -0.39 is 0 Å². The molecule has 0 spiro atoms. The Hall–Kier alpha value is -1.32. The summed E-state index contributed by atoms with van der Waals surface area (Å²) in [6.07, 6.45) is 0.542. The second-order valence-electron chi connectivity index (χ2n) is 5.94. The van der Waals surface area contributed by atoms with Crippen molar-refractivity contribution in [3.05, 3.63) is 36.1 Å². The van der Waals surface area contributed by atoms with Gasteiger partial charge in [0.25, 0.3) is 0 Å². The monoisotopic (exact) mass is 273 g/mol. The van der Waals surface area contributed by atoms with Crippen molar-refractivity contribution in [2.24, 2.45) is 11.8 Å². The maximum atomic E-state index is 6.05. The van der Waals surface area contributed by atoms with Crippen molar-refractivity contribution in [2.45, 2.75) is 39.0 Å². The summed E-state index contributed by atoms with van der Waals surface area (Å²) in [6, 6.07) is 10.5. The number of para-hydroxylation sites is 1. The van der Waals surface area contributed by atoms with Crippen LogP contribution in [0.25, 0.3) is 11.0 Å². The summed E-state index contributed by atoms with van der Waals surface area (Å²) in [7, 11) is 2.00. The fraction of sp³-hybridized carbons (Fsp3) is 0.529. The fourth-order valence-corrected chi connectivity index (χ4v) is 3.55. The van der Waals surface area contributed by atoms with Crippen LogP contribution in [-0.2, 0) is 4.74 Å². The Morgan fingerprint density at radius 2 is 1.85 bits per heavy atom. The van der Waals surface area contributed by atoms with E-state index in [1.165, 1.54) is 0 Å². The molecule has 3 rings (SSSR count). The van der Waals surface area contributed by atoms with Crippen molar-refractivity contribution in [1.29, 1.82) is 0 Å². The van der Waals surface area contributed by atoms with Crippen molar-refractivity contribution >= 4 is 11.0 Å². The van der Waals surface area contributed by atoms with E-state index in [4.69, 9.17) is 9.15 Å². The van der Waals surface area contributed by atoms with E-state index in [1.54, 1.807) is 0 Å². The summed E-state index contributed by atoms with van der Waals surface area (Å²) < 4.78 is 12.0. The summed E-state index contributed by atoms with van der Waals surface area (Å²) in [6.45, 7) is 6.59. The smallest absolute Gasteiger partial charge is 0.134 e. The molecular weight excluding hydrogens is 250 g/mol. The molecule has 1 aliphatic rings. The number of hydrogen-bond acceptors (Lipinski definition) is 3. The van der Waals surface area contributed by atoms with Crippen molar-refractivity contribution < 1.29 is 9.15 Å². The molecule has 5 unspecified atom stereocenters. The average molecular weight is 273 g/mol. The van der Waals surface area contributed by atoms with Crippen LogP contribution in [0.15, 0.2) is 34.7 Å². The van der Waals surface area contributed by atoms with Gasteiger partial charge in [0.15, 0.2) is 0 Å². The normalized spacial score (nSPS) is 31.8. The third-order valence-corrected chi connectivity index (χ3v) is 4.77. The molecule has 1 aromatic heterocycles. The summed E-state index contributed by atoms with van der Waals surface area (Å²) in [5.74, 6) is 1.95. The zero-order valence-corrected chi connectivity index (χ0v) is 12.6. The number of ether oxygens (including phenoxy) is 1. The molecule has 3 heteroatoms. The van der Waals surface area contributed by atoms with Crippen LogP contribution >= 0.6 is 0 Å². The predicted molar refractivity (Wildman–Crippen MR) is 80.7 cm³/mol. The Kier molecular flexibility index (Phi) is 3.57. The molecule has 3 nitrogen and oxygen atoms in total. The molecule has 2 heterocycles. The van der Waals surface area contributed by atoms with E-state index in [0.717, 1.165) is 16.7 Å². The molecule has 2 aromatic rings. The molecule has 1 N–H and O–H groups in total. The van der Waals surface area contributed by atoms with Crippen molar-refractivity contribution in [2.75, 3.05) is 7.05 Å². The topological polar surface area (TPSA) is 34.4 Å².